The van der Waals surface area contributed by atoms with Crippen LogP contribution in [0.3, 0.4) is 0 Å². The molecule has 2 aromatic carbocycles. The second-order valence-electron chi connectivity index (χ2n) is 6.13. The predicted molar refractivity (Wildman–Crippen MR) is 97.3 cm³/mol. The number of anilines is 2. The summed E-state index contributed by atoms with van der Waals surface area (Å²) in [4.78, 5) is 6.52. The van der Waals surface area contributed by atoms with Gasteiger partial charge in [0.2, 0.25) is 0 Å². The number of benzene rings is 2. The number of nitrogens with zero attached hydrogens (tertiary/aromatic N) is 2. The molecule has 1 aromatic heterocycles. The van der Waals surface area contributed by atoms with Crippen molar-refractivity contribution in [2.75, 3.05) is 24.0 Å². The summed E-state index contributed by atoms with van der Waals surface area (Å²) in [5, 5.41) is 3.24. The summed E-state index contributed by atoms with van der Waals surface area (Å²) in [6.45, 7) is 1.31. The van der Waals surface area contributed by atoms with E-state index in [4.69, 9.17) is 4.74 Å². The molecule has 0 radical (unpaired) electrons. The fourth-order valence-electron chi connectivity index (χ4n) is 3.06. The van der Waals surface area contributed by atoms with Gasteiger partial charge in [-0.2, -0.15) is 0 Å². The fourth-order valence-corrected chi connectivity index (χ4v) is 3.06. The van der Waals surface area contributed by atoms with Crippen LogP contribution in [-0.4, -0.2) is 18.8 Å². The summed E-state index contributed by atoms with van der Waals surface area (Å²) in [6.07, 6.45) is 1.62. The van der Waals surface area contributed by atoms with Crippen LogP contribution in [0.15, 0.2) is 54.7 Å². The molecule has 1 aliphatic heterocycles. The molecule has 0 fully saturated rings. The Morgan fingerprint density at radius 3 is 2.46 bits per heavy atom. The lowest BCUT2D eigenvalue weighted by Crippen LogP contribution is -2.21. The van der Waals surface area contributed by atoms with E-state index in [0.29, 0.717) is 24.3 Å². The molecule has 1 N–H and O–H groups in total. The maximum Gasteiger partial charge on any atom is 0.151 e. The summed E-state index contributed by atoms with van der Waals surface area (Å²) in [5.74, 6) is 0.368. The molecular weight excluding hydrogens is 336 g/mol. The van der Waals surface area contributed by atoms with E-state index in [2.05, 4.69) is 15.2 Å². The van der Waals surface area contributed by atoms with Gasteiger partial charge >= 0.3 is 0 Å². The minimum Gasteiger partial charge on any atom is -0.497 e. The van der Waals surface area contributed by atoms with Crippen LogP contribution in [0.4, 0.5) is 20.3 Å². The molecule has 0 atom stereocenters. The molecule has 26 heavy (non-hydrogen) atoms. The minimum atomic E-state index is -0.603. The number of hydrogen-bond acceptors (Lipinski definition) is 4. The Bertz CT molecular complexity index is 924. The smallest absolute Gasteiger partial charge is 0.151 e. The third-order valence-electron chi connectivity index (χ3n) is 4.37. The van der Waals surface area contributed by atoms with Crippen LogP contribution in [0.5, 0.6) is 5.75 Å². The van der Waals surface area contributed by atoms with Gasteiger partial charge in [-0.1, -0.05) is 12.1 Å². The first-order valence-electron chi connectivity index (χ1n) is 8.20. The number of methoxy groups -OCH3 is 1. The number of aromatic nitrogens is 1. The van der Waals surface area contributed by atoms with E-state index in [1.54, 1.807) is 13.3 Å². The van der Waals surface area contributed by atoms with Crippen molar-refractivity contribution in [1.29, 1.82) is 0 Å². The largest absolute Gasteiger partial charge is 0.497 e. The highest BCUT2D eigenvalue weighted by Crippen LogP contribution is 2.34. The Balaban J connectivity index is 1.62. The molecule has 0 aliphatic carbocycles. The minimum absolute atomic E-state index is 0.467. The summed E-state index contributed by atoms with van der Waals surface area (Å²) in [7, 11) is 1.64. The number of rotatable bonds is 4. The second kappa shape index (κ2) is 6.63. The maximum atomic E-state index is 13.5. The number of ether oxygens (including phenoxy) is 1. The van der Waals surface area contributed by atoms with Crippen molar-refractivity contribution in [3.63, 3.8) is 0 Å². The van der Waals surface area contributed by atoms with Gasteiger partial charge in [0.25, 0.3) is 0 Å². The van der Waals surface area contributed by atoms with Gasteiger partial charge in [0.05, 0.1) is 19.5 Å². The van der Waals surface area contributed by atoms with Crippen molar-refractivity contribution < 1.29 is 13.5 Å². The Kier molecular flexibility index (Phi) is 4.16. The lowest BCUT2D eigenvalue weighted by Gasteiger charge is -2.18. The van der Waals surface area contributed by atoms with Crippen molar-refractivity contribution in [2.24, 2.45) is 0 Å². The van der Waals surface area contributed by atoms with Gasteiger partial charge in [0.15, 0.2) is 5.82 Å². The average Bonchev–Trinajstić information content (AvgIpc) is 3.04. The Labute approximate surface area is 150 Å². The van der Waals surface area contributed by atoms with Crippen molar-refractivity contribution >= 4 is 11.5 Å². The molecule has 2 heterocycles. The molecule has 3 aromatic rings. The molecule has 0 bridgehead atoms. The maximum absolute atomic E-state index is 13.5. The van der Waals surface area contributed by atoms with Gasteiger partial charge in [0.1, 0.15) is 17.4 Å². The van der Waals surface area contributed by atoms with E-state index in [-0.39, 0.29) is 0 Å². The van der Waals surface area contributed by atoms with Crippen molar-refractivity contribution in [3.8, 4) is 16.9 Å². The summed E-state index contributed by atoms with van der Waals surface area (Å²) in [5.41, 5.74) is 3.17. The number of fused-ring (bicyclic) bond motifs is 1. The molecule has 0 unspecified atom stereocenters. The topological polar surface area (TPSA) is 37.4 Å². The van der Waals surface area contributed by atoms with E-state index < -0.39 is 11.6 Å². The number of pyridine rings is 1. The van der Waals surface area contributed by atoms with Crippen molar-refractivity contribution in [3.05, 3.63) is 71.9 Å². The molecule has 0 saturated carbocycles. The van der Waals surface area contributed by atoms with Crippen LogP contribution in [-0.2, 0) is 6.54 Å². The SMILES string of the molecule is COc1ccc(CN2CNc3ncc(-c4cc(F)cc(F)c4)cc32)cc1. The first kappa shape index (κ1) is 16.3. The fraction of sp³-hybridized carbons (Fsp3) is 0.150. The molecule has 1 aliphatic rings. The van der Waals surface area contributed by atoms with Crippen LogP contribution in [0.2, 0.25) is 0 Å². The van der Waals surface area contributed by atoms with Crippen molar-refractivity contribution in [1.82, 2.24) is 4.98 Å². The van der Waals surface area contributed by atoms with E-state index in [0.717, 1.165) is 28.9 Å². The molecule has 0 saturated heterocycles. The zero-order valence-electron chi connectivity index (χ0n) is 14.2. The Hall–Kier alpha value is -3.15. The van der Waals surface area contributed by atoms with Crippen LogP contribution >= 0.6 is 0 Å². The quantitative estimate of drug-likeness (QED) is 0.753. The van der Waals surface area contributed by atoms with Crippen LogP contribution in [0.25, 0.3) is 11.1 Å². The van der Waals surface area contributed by atoms with Gasteiger partial charge in [-0.15, -0.1) is 0 Å². The molecule has 0 spiro atoms. The van der Waals surface area contributed by atoms with E-state index in [1.807, 2.05) is 30.3 Å². The van der Waals surface area contributed by atoms with Gasteiger partial charge in [-0.05, 0) is 41.5 Å². The molecule has 4 nitrogen and oxygen atoms in total. The zero-order chi connectivity index (χ0) is 18.1. The first-order valence-corrected chi connectivity index (χ1v) is 8.20. The van der Waals surface area contributed by atoms with E-state index in [9.17, 15) is 8.78 Å². The lowest BCUT2D eigenvalue weighted by molar-refractivity contribution is 0.414. The molecule has 132 valence electrons. The third kappa shape index (κ3) is 3.18. The Morgan fingerprint density at radius 2 is 1.77 bits per heavy atom. The number of halogens is 2. The average molecular weight is 353 g/mol. The van der Waals surface area contributed by atoms with Gasteiger partial charge in [0, 0.05) is 24.4 Å². The highest BCUT2D eigenvalue weighted by molar-refractivity contribution is 5.77. The lowest BCUT2D eigenvalue weighted by atomic mass is 10.1. The standard InChI is InChI=1S/C20H17F2N3O/c1-26-18-4-2-13(3-5-18)11-25-12-24-20-19(25)8-15(10-23-20)14-6-16(21)9-17(22)7-14/h2-10H,11-12H2,1H3,(H,23,24). The number of nitrogens with one attached hydrogen (secondary N) is 1. The van der Waals surface area contributed by atoms with Gasteiger partial charge < -0.3 is 15.0 Å². The highest BCUT2D eigenvalue weighted by atomic mass is 19.1. The Morgan fingerprint density at radius 1 is 1.04 bits per heavy atom. The molecule has 0 amide bonds. The molecule has 6 heteroatoms. The monoisotopic (exact) mass is 353 g/mol. The van der Waals surface area contributed by atoms with Crippen LogP contribution < -0.4 is 15.0 Å². The van der Waals surface area contributed by atoms with Gasteiger partial charge in [-0.3, -0.25) is 0 Å². The second-order valence-corrected chi connectivity index (χ2v) is 6.13. The van der Waals surface area contributed by atoms with E-state index in [1.165, 1.54) is 12.1 Å². The zero-order valence-corrected chi connectivity index (χ0v) is 14.2. The predicted octanol–water partition coefficient (Wildman–Crippen LogP) is 4.43. The summed E-state index contributed by atoms with van der Waals surface area (Å²) in [6, 6.07) is 13.2. The van der Waals surface area contributed by atoms with E-state index >= 15 is 0 Å². The van der Waals surface area contributed by atoms with Gasteiger partial charge in [-0.25, -0.2) is 13.8 Å². The normalized spacial score (nSPS) is 12.7. The third-order valence-corrected chi connectivity index (χ3v) is 4.37. The van der Waals surface area contributed by atoms with Crippen LogP contribution in [0.1, 0.15) is 5.56 Å². The summed E-state index contributed by atoms with van der Waals surface area (Å²) >= 11 is 0. The number of hydrogen-bond donors (Lipinski definition) is 1. The van der Waals surface area contributed by atoms with Crippen LogP contribution in [0, 0.1) is 11.6 Å². The van der Waals surface area contributed by atoms with Crippen molar-refractivity contribution in [2.45, 2.75) is 6.54 Å². The summed E-state index contributed by atoms with van der Waals surface area (Å²) < 4.78 is 32.2. The highest BCUT2D eigenvalue weighted by Gasteiger charge is 2.21. The molecular formula is C20H17F2N3O. The first-order chi connectivity index (χ1) is 12.6. The molecule has 4 rings (SSSR count).